The molecule has 4 heteroatoms. The third kappa shape index (κ3) is 3.16. The summed E-state index contributed by atoms with van der Waals surface area (Å²) in [6.07, 6.45) is 0. The summed E-state index contributed by atoms with van der Waals surface area (Å²) >= 11 is 1.43. The number of carbonyl (C=O) groups excluding carboxylic acids is 1. The number of anilines is 1. The van der Waals surface area contributed by atoms with Crippen LogP contribution in [0.5, 0.6) is 0 Å². The number of thiophene rings is 1. The topological polar surface area (TPSA) is 42.0 Å². The molecule has 2 aromatic heterocycles. The summed E-state index contributed by atoms with van der Waals surface area (Å²) in [7, 11) is 0. The molecule has 4 rings (SSSR count). The molecule has 0 aliphatic rings. The monoisotopic (exact) mass is 344 g/mol. The van der Waals surface area contributed by atoms with Crippen molar-refractivity contribution in [2.45, 2.75) is 6.92 Å². The average Bonchev–Trinajstić information content (AvgIpc) is 3.16. The first-order valence-electron chi connectivity index (χ1n) is 8.02. The van der Waals surface area contributed by atoms with Gasteiger partial charge in [-0.1, -0.05) is 42.0 Å². The number of pyridine rings is 1. The summed E-state index contributed by atoms with van der Waals surface area (Å²) in [5.74, 6) is -0.0983. The molecule has 0 atom stereocenters. The van der Waals surface area contributed by atoms with Crippen LogP contribution in [0.4, 0.5) is 5.69 Å². The third-order valence-electron chi connectivity index (χ3n) is 4.04. The van der Waals surface area contributed by atoms with Gasteiger partial charge < -0.3 is 5.32 Å². The molecule has 0 aliphatic heterocycles. The number of nitrogens with one attached hydrogen (secondary N) is 1. The Morgan fingerprint density at radius 3 is 2.72 bits per heavy atom. The van der Waals surface area contributed by atoms with Gasteiger partial charge in [0.05, 0.1) is 21.8 Å². The van der Waals surface area contributed by atoms with E-state index in [-0.39, 0.29) is 5.91 Å². The number of para-hydroxylation sites is 1. The molecule has 0 aliphatic carbocycles. The number of amides is 1. The summed E-state index contributed by atoms with van der Waals surface area (Å²) in [4.78, 5) is 17.8. The molecule has 2 heterocycles. The van der Waals surface area contributed by atoms with E-state index in [0.717, 1.165) is 27.8 Å². The molecule has 0 saturated heterocycles. The second-order valence-corrected chi connectivity index (χ2v) is 6.82. The molecule has 3 nitrogen and oxygen atoms in total. The highest BCUT2D eigenvalue weighted by Gasteiger charge is 2.12. The number of aryl methyl sites for hydroxylation is 1. The lowest BCUT2D eigenvalue weighted by Gasteiger charge is -2.11. The van der Waals surface area contributed by atoms with Crippen molar-refractivity contribution in [1.29, 1.82) is 0 Å². The van der Waals surface area contributed by atoms with E-state index in [4.69, 9.17) is 4.98 Å². The van der Waals surface area contributed by atoms with E-state index in [9.17, 15) is 4.79 Å². The molecule has 2 aromatic carbocycles. The molecular formula is C21H16N2OS. The summed E-state index contributed by atoms with van der Waals surface area (Å²) in [6.45, 7) is 2.07. The minimum Gasteiger partial charge on any atom is -0.321 e. The van der Waals surface area contributed by atoms with E-state index in [1.165, 1.54) is 16.9 Å². The normalized spacial score (nSPS) is 10.8. The molecule has 0 fully saturated rings. The van der Waals surface area contributed by atoms with Crippen LogP contribution in [0.2, 0.25) is 0 Å². The Labute approximate surface area is 150 Å². The number of rotatable bonds is 3. The summed E-state index contributed by atoms with van der Waals surface area (Å²) in [6, 6.07) is 21.7. The van der Waals surface area contributed by atoms with Crippen molar-refractivity contribution in [3.8, 4) is 11.3 Å². The fourth-order valence-electron chi connectivity index (χ4n) is 2.80. The maximum atomic E-state index is 12.4. The average molecular weight is 344 g/mol. The number of benzene rings is 2. The predicted molar refractivity (Wildman–Crippen MR) is 104 cm³/mol. The van der Waals surface area contributed by atoms with Crippen molar-refractivity contribution < 1.29 is 4.79 Å². The van der Waals surface area contributed by atoms with E-state index in [1.807, 2.05) is 53.9 Å². The van der Waals surface area contributed by atoms with Crippen LogP contribution in [-0.4, -0.2) is 10.9 Å². The second kappa shape index (κ2) is 6.49. The van der Waals surface area contributed by atoms with Gasteiger partial charge >= 0.3 is 0 Å². The maximum absolute atomic E-state index is 12.4. The Morgan fingerprint density at radius 2 is 1.88 bits per heavy atom. The van der Waals surface area contributed by atoms with Gasteiger partial charge in [-0.25, -0.2) is 4.98 Å². The Hall–Kier alpha value is -2.98. The zero-order valence-corrected chi connectivity index (χ0v) is 14.5. The first-order valence-corrected chi connectivity index (χ1v) is 8.90. The summed E-state index contributed by atoms with van der Waals surface area (Å²) < 4.78 is 0. The Bertz CT molecular complexity index is 1050. The SMILES string of the molecule is Cc1ccc2nc(-c3ccccc3NC(=O)c3cccs3)ccc2c1. The van der Waals surface area contributed by atoms with E-state index in [1.54, 1.807) is 0 Å². The number of nitrogens with zero attached hydrogens (tertiary/aromatic N) is 1. The van der Waals surface area contributed by atoms with Crippen molar-refractivity contribution in [2.24, 2.45) is 0 Å². The van der Waals surface area contributed by atoms with Crippen LogP contribution in [-0.2, 0) is 0 Å². The van der Waals surface area contributed by atoms with Crippen LogP contribution >= 0.6 is 11.3 Å². The number of carbonyl (C=O) groups is 1. The molecule has 0 spiro atoms. The molecule has 1 N–H and O–H groups in total. The first kappa shape index (κ1) is 15.5. The van der Waals surface area contributed by atoms with Gasteiger partial charge in [0, 0.05) is 10.9 Å². The van der Waals surface area contributed by atoms with E-state index in [2.05, 4.69) is 30.4 Å². The maximum Gasteiger partial charge on any atom is 0.265 e. The van der Waals surface area contributed by atoms with E-state index < -0.39 is 0 Å². The van der Waals surface area contributed by atoms with Crippen molar-refractivity contribution >= 4 is 33.8 Å². The minimum atomic E-state index is -0.0983. The van der Waals surface area contributed by atoms with Crippen LogP contribution in [0, 0.1) is 6.92 Å². The molecule has 0 unspecified atom stereocenters. The molecule has 4 aromatic rings. The lowest BCUT2D eigenvalue weighted by atomic mass is 10.1. The highest BCUT2D eigenvalue weighted by atomic mass is 32.1. The summed E-state index contributed by atoms with van der Waals surface area (Å²) in [5.41, 5.74) is 4.68. The highest BCUT2D eigenvalue weighted by Crippen LogP contribution is 2.29. The smallest absolute Gasteiger partial charge is 0.265 e. The van der Waals surface area contributed by atoms with Crippen LogP contribution < -0.4 is 5.32 Å². The van der Waals surface area contributed by atoms with Gasteiger partial charge in [-0.3, -0.25) is 4.79 Å². The van der Waals surface area contributed by atoms with Crippen molar-refractivity contribution in [2.75, 3.05) is 5.32 Å². The van der Waals surface area contributed by atoms with Crippen LogP contribution in [0.3, 0.4) is 0 Å². The Balaban J connectivity index is 1.73. The third-order valence-corrected chi connectivity index (χ3v) is 4.91. The van der Waals surface area contributed by atoms with Crippen LogP contribution in [0.25, 0.3) is 22.2 Å². The number of fused-ring (bicyclic) bond motifs is 1. The molecule has 0 bridgehead atoms. The van der Waals surface area contributed by atoms with Gasteiger partial charge in [0.2, 0.25) is 0 Å². The van der Waals surface area contributed by atoms with Gasteiger partial charge in [-0.05, 0) is 42.6 Å². The molecular weight excluding hydrogens is 328 g/mol. The van der Waals surface area contributed by atoms with E-state index in [0.29, 0.717) is 4.88 Å². The van der Waals surface area contributed by atoms with Gasteiger partial charge in [-0.15, -0.1) is 11.3 Å². The largest absolute Gasteiger partial charge is 0.321 e. The number of aromatic nitrogens is 1. The van der Waals surface area contributed by atoms with Gasteiger partial charge in [-0.2, -0.15) is 0 Å². The quantitative estimate of drug-likeness (QED) is 0.531. The van der Waals surface area contributed by atoms with Crippen molar-refractivity contribution in [3.05, 3.63) is 82.6 Å². The number of hydrogen-bond acceptors (Lipinski definition) is 3. The predicted octanol–water partition coefficient (Wildman–Crippen LogP) is 5.52. The standard InChI is InChI=1S/C21H16N2OS/c1-14-8-10-17-15(13-14)9-11-19(22-17)16-5-2-3-6-18(16)23-21(24)20-7-4-12-25-20/h2-13H,1H3,(H,23,24). The molecule has 0 saturated carbocycles. The number of hydrogen-bond donors (Lipinski definition) is 1. The Kier molecular flexibility index (Phi) is 4.04. The van der Waals surface area contributed by atoms with E-state index >= 15 is 0 Å². The lowest BCUT2D eigenvalue weighted by molar-refractivity contribution is 0.103. The first-order chi connectivity index (χ1) is 12.2. The molecule has 122 valence electrons. The lowest BCUT2D eigenvalue weighted by Crippen LogP contribution is -2.11. The van der Waals surface area contributed by atoms with Gasteiger partial charge in [0.25, 0.3) is 5.91 Å². The zero-order valence-electron chi connectivity index (χ0n) is 13.7. The highest BCUT2D eigenvalue weighted by molar-refractivity contribution is 7.12. The van der Waals surface area contributed by atoms with Crippen molar-refractivity contribution in [1.82, 2.24) is 4.98 Å². The molecule has 0 radical (unpaired) electrons. The van der Waals surface area contributed by atoms with Crippen molar-refractivity contribution in [3.63, 3.8) is 0 Å². The van der Waals surface area contributed by atoms with Gasteiger partial charge in [0.1, 0.15) is 0 Å². The summed E-state index contributed by atoms with van der Waals surface area (Å²) in [5, 5.41) is 6.01. The zero-order chi connectivity index (χ0) is 17.2. The van der Waals surface area contributed by atoms with Crippen LogP contribution in [0.1, 0.15) is 15.2 Å². The Morgan fingerprint density at radius 1 is 1.00 bits per heavy atom. The fourth-order valence-corrected chi connectivity index (χ4v) is 3.42. The molecule has 1 amide bonds. The van der Waals surface area contributed by atoms with Gasteiger partial charge in [0.15, 0.2) is 0 Å². The fraction of sp³-hybridized carbons (Fsp3) is 0.0476. The molecule has 25 heavy (non-hydrogen) atoms. The second-order valence-electron chi connectivity index (χ2n) is 5.87. The minimum absolute atomic E-state index is 0.0983. The van der Waals surface area contributed by atoms with Crippen LogP contribution in [0.15, 0.2) is 72.1 Å².